The quantitative estimate of drug-likeness (QED) is 0.379. The van der Waals surface area contributed by atoms with E-state index in [1.54, 1.807) is 36.0 Å². The Kier molecular flexibility index (Phi) is 5.44. The Morgan fingerprint density at radius 3 is 2.66 bits per heavy atom. The number of para-hydroxylation sites is 1. The molecule has 146 valence electrons. The predicted octanol–water partition coefficient (Wildman–Crippen LogP) is 4.13. The van der Waals surface area contributed by atoms with Crippen molar-refractivity contribution in [2.45, 2.75) is 18.2 Å². The Labute approximate surface area is 170 Å². The molecule has 0 aliphatic carbocycles. The highest BCUT2D eigenvalue weighted by molar-refractivity contribution is 7.99. The van der Waals surface area contributed by atoms with Gasteiger partial charge in [-0.15, -0.1) is 16.9 Å². The lowest BCUT2D eigenvalue weighted by molar-refractivity contribution is 0.102. The van der Waals surface area contributed by atoms with Gasteiger partial charge < -0.3 is 8.83 Å². The molecule has 2 heterocycles. The highest BCUT2D eigenvalue weighted by Crippen LogP contribution is 2.19. The van der Waals surface area contributed by atoms with E-state index < -0.39 is 11.5 Å². The van der Waals surface area contributed by atoms with Crippen LogP contribution in [0, 0.1) is 0 Å². The average Bonchev–Trinajstić information content (AvgIpc) is 3.15. The summed E-state index contributed by atoms with van der Waals surface area (Å²) < 4.78 is 10.7. The third-order valence-electron chi connectivity index (χ3n) is 4.16. The second-order valence-electron chi connectivity index (χ2n) is 6.19. The summed E-state index contributed by atoms with van der Waals surface area (Å²) in [5.41, 5.74) is 0.568. The zero-order valence-electron chi connectivity index (χ0n) is 15.5. The van der Waals surface area contributed by atoms with E-state index in [0.29, 0.717) is 23.3 Å². The number of fused-ring (bicyclic) bond motifs is 1. The van der Waals surface area contributed by atoms with Crippen LogP contribution in [0.1, 0.15) is 28.7 Å². The van der Waals surface area contributed by atoms with Crippen LogP contribution in [0.25, 0.3) is 11.0 Å². The molecular formula is C21H17N3O4S. The fourth-order valence-corrected chi connectivity index (χ4v) is 3.47. The summed E-state index contributed by atoms with van der Waals surface area (Å²) in [6.07, 6.45) is 0.443. The highest BCUT2D eigenvalue weighted by atomic mass is 32.2. The lowest BCUT2D eigenvalue weighted by atomic mass is 10.1. The molecule has 2 aromatic carbocycles. The minimum atomic E-state index is -0.731. The van der Waals surface area contributed by atoms with Crippen LogP contribution in [0.15, 0.2) is 73.1 Å². The van der Waals surface area contributed by atoms with Crippen LogP contribution < -0.4 is 10.9 Å². The number of carbonyl (C=O) groups excluding carboxylic acids is 1. The zero-order chi connectivity index (χ0) is 20.2. The smallest absolute Gasteiger partial charge is 0.349 e. The largest absolute Gasteiger partial charge is 0.422 e. The molecule has 4 rings (SSSR count). The van der Waals surface area contributed by atoms with Crippen molar-refractivity contribution in [1.29, 1.82) is 0 Å². The van der Waals surface area contributed by atoms with Gasteiger partial charge in [0.1, 0.15) is 11.1 Å². The summed E-state index contributed by atoms with van der Waals surface area (Å²) in [6.45, 7) is 2.11. The maximum absolute atomic E-state index is 12.4. The summed E-state index contributed by atoms with van der Waals surface area (Å²) in [6, 6.07) is 16.5. The lowest BCUT2D eigenvalue weighted by Gasteiger charge is -2.02. The first kappa shape index (κ1) is 18.9. The van der Waals surface area contributed by atoms with E-state index in [2.05, 4.69) is 22.4 Å². The number of nitrogens with zero attached hydrogens (tertiary/aromatic N) is 2. The second kappa shape index (κ2) is 8.32. The van der Waals surface area contributed by atoms with Crippen LogP contribution in [-0.4, -0.2) is 21.9 Å². The maximum atomic E-state index is 12.4. The third kappa shape index (κ3) is 4.38. The predicted molar refractivity (Wildman–Crippen MR) is 110 cm³/mol. The number of hydrogen-bond acceptors (Lipinski definition) is 7. The van der Waals surface area contributed by atoms with Crippen molar-refractivity contribution in [3.63, 3.8) is 0 Å². The Balaban J connectivity index is 1.47. The molecule has 1 amide bonds. The van der Waals surface area contributed by atoms with Gasteiger partial charge >= 0.3 is 11.6 Å². The van der Waals surface area contributed by atoms with E-state index in [0.717, 1.165) is 11.3 Å². The van der Waals surface area contributed by atoms with Crippen LogP contribution in [0.4, 0.5) is 6.01 Å². The summed E-state index contributed by atoms with van der Waals surface area (Å²) in [5.74, 6) is 0.712. The van der Waals surface area contributed by atoms with E-state index in [1.807, 2.05) is 24.3 Å². The molecule has 0 atom stereocenters. The molecule has 0 bridgehead atoms. The van der Waals surface area contributed by atoms with Crippen molar-refractivity contribution in [2.24, 2.45) is 0 Å². The Morgan fingerprint density at radius 2 is 1.86 bits per heavy atom. The minimum Gasteiger partial charge on any atom is -0.422 e. The van der Waals surface area contributed by atoms with E-state index >= 15 is 0 Å². The number of carbonyl (C=O) groups is 1. The van der Waals surface area contributed by atoms with Crippen molar-refractivity contribution < 1.29 is 13.6 Å². The van der Waals surface area contributed by atoms with Gasteiger partial charge in [-0.25, -0.2) is 4.79 Å². The molecule has 0 aliphatic heterocycles. The summed E-state index contributed by atoms with van der Waals surface area (Å²) in [5, 5.41) is 10.9. The van der Waals surface area contributed by atoms with Crippen molar-refractivity contribution in [3.8, 4) is 0 Å². The SMILES string of the molecule is CCSc1ccc(Cc2nnc(NC(=O)c3cc4ccccc4oc3=O)o2)cc1. The van der Waals surface area contributed by atoms with Crippen LogP contribution in [0.5, 0.6) is 0 Å². The normalized spacial score (nSPS) is 10.9. The van der Waals surface area contributed by atoms with Gasteiger partial charge in [0.15, 0.2) is 0 Å². The van der Waals surface area contributed by atoms with Gasteiger partial charge in [0.25, 0.3) is 5.91 Å². The molecule has 2 aromatic heterocycles. The molecule has 0 saturated heterocycles. The molecule has 0 fully saturated rings. The van der Waals surface area contributed by atoms with E-state index in [9.17, 15) is 9.59 Å². The Bertz CT molecular complexity index is 1210. The molecule has 7 nitrogen and oxygen atoms in total. The number of rotatable bonds is 6. The van der Waals surface area contributed by atoms with E-state index in [4.69, 9.17) is 8.83 Å². The summed E-state index contributed by atoms with van der Waals surface area (Å²) in [4.78, 5) is 25.7. The summed E-state index contributed by atoms with van der Waals surface area (Å²) >= 11 is 1.77. The molecule has 0 radical (unpaired) electrons. The molecule has 1 N–H and O–H groups in total. The molecule has 8 heteroatoms. The molecule has 0 aliphatic rings. The molecule has 0 spiro atoms. The third-order valence-corrected chi connectivity index (χ3v) is 5.06. The van der Waals surface area contributed by atoms with Gasteiger partial charge in [0.05, 0.1) is 6.42 Å². The van der Waals surface area contributed by atoms with E-state index in [-0.39, 0.29) is 11.6 Å². The first-order chi connectivity index (χ1) is 14.1. The number of anilines is 1. The van der Waals surface area contributed by atoms with Crippen LogP contribution in [0.3, 0.4) is 0 Å². The number of benzene rings is 2. The van der Waals surface area contributed by atoms with Crippen LogP contribution in [0.2, 0.25) is 0 Å². The number of aromatic nitrogens is 2. The van der Waals surface area contributed by atoms with Gasteiger partial charge in [0, 0.05) is 10.3 Å². The molecule has 4 aromatic rings. The Morgan fingerprint density at radius 1 is 1.07 bits per heavy atom. The van der Waals surface area contributed by atoms with Gasteiger partial charge in [0.2, 0.25) is 5.89 Å². The van der Waals surface area contributed by atoms with Crippen molar-refractivity contribution in [3.05, 3.63) is 82.0 Å². The average molecular weight is 407 g/mol. The van der Waals surface area contributed by atoms with Crippen molar-refractivity contribution in [1.82, 2.24) is 10.2 Å². The maximum Gasteiger partial charge on any atom is 0.349 e. The van der Waals surface area contributed by atoms with E-state index in [1.165, 1.54) is 11.0 Å². The van der Waals surface area contributed by atoms with Crippen molar-refractivity contribution in [2.75, 3.05) is 11.1 Å². The topological polar surface area (TPSA) is 98.2 Å². The molecule has 29 heavy (non-hydrogen) atoms. The summed E-state index contributed by atoms with van der Waals surface area (Å²) in [7, 11) is 0. The number of nitrogens with one attached hydrogen (secondary N) is 1. The number of hydrogen-bond donors (Lipinski definition) is 1. The number of thioether (sulfide) groups is 1. The molecule has 0 saturated carbocycles. The first-order valence-electron chi connectivity index (χ1n) is 9.01. The lowest BCUT2D eigenvalue weighted by Crippen LogP contribution is -2.20. The van der Waals surface area contributed by atoms with Gasteiger partial charge in [-0.3, -0.25) is 10.1 Å². The fraction of sp³-hybridized carbons (Fsp3) is 0.143. The van der Waals surface area contributed by atoms with Gasteiger partial charge in [-0.1, -0.05) is 42.4 Å². The Hall–Kier alpha value is -3.39. The van der Waals surface area contributed by atoms with Crippen LogP contribution >= 0.6 is 11.8 Å². The fourth-order valence-electron chi connectivity index (χ4n) is 2.81. The molecule has 0 unspecified atom stereocenters. The highest BCUT2D eigenvalue weighted by Gasteiger charge is 2.17. The molecular weight excluding hydrogens is 390 g/mol. The van der Waals surface area contributed by atoms with Gasteiger partial charge in [-0.05, 0) is 35.6 Å². The van der Waals surface area contributed by atoms with Crippen molar-refractivity contribution >= 4 is 34.7 Å². The second-order valence-corrected chi connectivity index (χ2v) is 7.53. The standard InChI is InChI=1S/C21H17N3O4S/c1-2-29-15-9-7-13(8-10-15)11-18-23-24-21(28-18)22-19(25)16-12-14-5-3-4-6-17(14)27-20(16)26/h3-10,12H,2,11H2,1H3,(H,22,24,25). The minimum absolute atomic E-state index is 0.0734. The number of amides is 1. The zero-order valence-corrected chi connectivity index (χ0v) is 16.4. The van der Waals surface area contributed by atoms with Gasteiger partial charge in [-0.2, -0.15) is 0 Å². The monoisotopic (exact) mass is 407 g/mol. The first-order valence-corrected chi connectivity index (χ1v) is 9.99. The van der Waals surface area contributed by atoms with Crippen LogP contribution in [-0.2, 0) is 6.42 Å².